The molecule has 0 saturated heterocycles. The zero-order valence-electron chi connectivity index (χ0n) is 11.4. The minimum absolute atomic E-state index is 0.497. The van der Waals surface area contributed by atoms with E-state index in [9.17, 15) is 0 Å². The normalized spacial score (nSPS) is 15.2. The molecule has 0 aliphatic carbocycles. The van der Waals surface area contributed by atoms with Gasteiger partial charge in [0, 0.05) is 0 Å². The van der Waals surface area contributed by atoms with E-state index in [-0.39, 0.29) is 0 Å². The van der Waals surface area contributed by atoms with Gasteiger partial charge in [0.05, 0.1) is 0 Å². The van der Waals surface area contributed by atoms with Gasteiger partial charge in [-0.15, -0.1) is 0 Å². The summed E-state index contributed by atoms with van der Waals surface area (Å²) in [6.07, 6.45) is 2.06. The van der Waals surface area contributed by atoms with E-state index in [4.69, 9.17) is 4.76 Å². The third-order valence-electron chi connectivity index (χ3n) is 2.35. The van der Waals surface area contributed by atoms with Gasteiger partial charge in [0.25, 0.3) is 0 Å². The SMILES string of the molecule is CC(C)C=N[PH](N(C)C)(N(C)C)N(C)C. The second kappa shape index (κ2) is 5.90. The summed E-state index contributed by atoms with van der Waals surface area (Å²) >= 11 is 0. The van der Waals surface area contributed by atoms with E-state index in [1.807, 2.05) is 0 Å². The van der Waals surface area contributed by atoms with Gasteiger partial charge in [-0.1, -0.05) is 0 Å². The van der Waals surface area contributed by atoms with Gasteiger partial charge in [-0.2, -0.15) is 0 Å². The van der Waals surface area contributed by atoms with E-state index in [0.29, 0.717) is 5.92 Å². The van der Waals surface area contributed by atoms with Crippen molar-refractivity contribution in [1.29, 1.82) is 0 Å². The van der Waals surface area contributed by atoms with E-state index < -0.39 is 7.87 Å². The van der Waals surface area contributed by atoms with Crippen LogP contribution in [0.2, 0.25) is 0 Å². The van der Waals surface area contributed by atoms with E-state index in [0.717, 1.165) is 0 Å². The topological polar surface area (TPSA) is 22.1 Å². The molecule has 0 unspecified atom stereocenters. The van der Waals surface area contributed by atoms with Crippen molar-refractivity contribution >= 4 is 14.1 Å². The summed E-state index contributed by atoms with van der Waals surface area (Å²) in [7, 11) is 10.6. The molecule has 0 N–H and O–H groups in total. The van der Waals surface area contributed by atoms with Crippen LogP contribution in [0.3, 0.4) is 0 Å². The molecule has 92 valence electrons. The quantitative estimate of drug-likeness (QED) is 0.535. The van der Waals surface area contributed by atoms with Crippen LogP contribution < -0.4 is 0 Å². The number of rotatable bonds is 5. The molecule has 0 spiro atoms. The maximum absolute atomic E-state index is 4.84. The Morgan fingerprint density at radius 2 is 1.20 bits per heavy atom. The molecule has 4 nitrogen and oxygen atoms in total. The van der Waals surface area contributed by atoms with Gasteiger partial charge in [0.2, 0.25) is 0 Å². The number of nitrogens with zero attached hydrogens (tertiary/aromatic N) is 4. The molecule has 0 fully saturated rings. The molecule has 0 bridgehead atoms. The van der Waals surface area contributed by atoms with Crippen molar-refractivity contribution in [2.24, 2.45) is 10.7 Å². The molecule has 0 heterocycles. The monoisotopic (exact) mass is 234 g/mol. The molecule has 0 aromatic carbocycles. The van der Waals surface area contributed by atoms with Crippen LogP contribution in [0, 0.1) is 5.92 Å². The van der Waals surface area contributed by atoms with Crippen molar-refractivity contribution in [2.45, 2.75) is 13.8 Å². The molecule has 0 aliphatic rings. The van der Waals surface area contributed by atoms with Crippen LogP contribution in [-0.2, 0) is 0 Å². The van der Waals surface area contributed by atoms with Gasteiger partial charge in [-0.25, -0.2) is 0 Å². The Hall–Kier alpha value is -0.0200. The van der Waals surface area contributed by atoms with Crippen molar-refractivity contribution in [3.05, 3.63) is 0 Å². The van der Waals surface area contributed by atoms with E-state index in [1.165, 1.54) is 0 Å². The first kappa shape index (κ1) is 15.0. The third-order valence-corrected chi connectivity index (χ3v) is 6.44. The Morgan fingerprint density at radius 1 is 0.867 bits per heavy atom. The standard InChI is InChI=1S/C10H27N4P/c1-10(2)9-11-15(12(3)4,13(5)6)14(7)8/h9-10,15H,1-8H3. The Kier molecular flexibility index (Phi) is 5.89. The fourth-order valence-electron chi connectivity index (χ4n) is 1.80. The second-order valence-corrected chi connectivity index (χ2v) is 8.95. The fourth-order valence-corrected chi connectivity index (χ4v) is 5.39. The fraction of sp³-hybridized carbons (Fsp3) is 0.900. The summed E-state index contributed by atoms with van der Waals surface area (Å²) in [5, 5.41) is 0. The first-order valence-electron chi connectivity index (χ1n) is 5.32. The molecule has 0 aromatic rings. The molecule has 0 amide bonds. The summed E-state index contributed by atoms with van der Waals surface area (Å²) in [5.41, 5.74) is 0. The Balaban J connectivity index is 5.14. The van der Waals surface area contributed by atoms with Gasteiger partial charge in [0.15, 0.2) is 0 Å². The predicted octanol–water partition coefficient (Wildman–Crippen LogP) is 1.81. The van der Waals surface area contributed by atoms with Crippen LogP contribution in [-0.4, -0.2) is 62.5 Å². The zero-order valence-corrected chi connectivity index (χ0v) is 12.4. The minimum atomic E-state index is -2.02. The summed E-state index contributed by atoms with van der Waals surface area (Å²) in [6.45, 7) is 4.31. The average Bonchev–Trinajstić information content (AvgIpc) is 2.02. The van der Waals surface area contributed by atoms with Crippen molar-refractivity contribution < 1.29 is 0 Å². The first-order valence-corrected chi connectivity index (χ1v) is 7.11. The average molecular weight is 234 g/mol. The van der Waals surface area contributed by atoms with Gasteiger partial charge in [0.1, 0.15) is 0 Å². The number of hydrogen-bond donors (Lipinski definition) is 0. The van der Waals surface area contributed by atoms with Gasteiger partial charge >= 0.3 is 94.9 Å². The second-order valence-electron chi connectivity index (χ2n) is 4.81. The molecule has 0 aliphatic heterocycles. The number of hydrogen-bond acceptors (Lipinski definition) is 4. The molecular formula is C10H27N4P. The predicted molar refractivity (Wildman–Crippen MR) is 72.7 cm³/mol. The van der Waals surface area contributed by atoms with Crippen LogP contribution in [0.15, 0.2) is 4.76 Å². The molecule has 0 saturated carbocycles. The van der Waals surface area contributed by atoms with Gasteiger partial charge in [-0.05, 0) is 0 Å². The van der Waals surface area contributed by atoms with Crippen molar-refractivity contribution in [3.8, 4) is 0 Å². The maximum atomic E-state index is 4.84. The summed E-state index contributed by atoms with van der Waals surface area (Å²) < 4.78 is 11.6. The van der Waals surface area contributed by atoms with Crippen LogP contribution in [0.4, 0.5) is 0 Å². The van der Waals surface area contributed by atoms with Crippen molar-refractivity contribution in [2.75, 3.05) is 42.3 Å². The Labute approximate surface area is 95.5 Å². The van der Waals surface area contributed by atoms with E-state index in [1.54, 1.807) is 0 Å². The van der Waals surface area contributed by atoms with Crippen LogP contribution in [0.25, 0.3) is 0 Å². The summed E-state index contributed by atoms with van der Waals surface area (Å²) in [5.74, 6) is 0.497. The third kappa shape index (κ3) is 3.49. The zero-order chi connectivity index (χ0) is 12.2. The van der Waals surface area contributed by atoms with Crippen LogP contribution >= 0.6 is 7.87 Å². The van der Waals surface area contributed by atoms with E-state index in [2.05, 4.69) is 76.4 Å². The van der Waals surface area contributed by atoms with Crippen LogP contribution in [0.5, 0.6) is 0 Å². The molecule has 5 heteroatoms. The summed E-state index contributed by atoms with van der Waals surface area (Å²) in [4.78, 5) is 0. The molecule has 0 rings (SSSR count). The van der Waals surface area contributed by atoms with Crippen molar-refractivity contribution in [1.82, 2.24) is 14.0 Å². The summed E-state index contributed by atoms with van der Waals surface area (Å²) in [6, 6.07) is 0. The van der Waals surface area contributed by atoms with E-state index >= 15 is 0 Å². The van der Waals surface area contributed by atoms with Gasteiger partial charge < -0.3 is 0 Å². The molecule has 0 radical (unpaired) electrons. The Morgan fingerprint density at radius 3 is 1.40 bits per heavy atom. The van der Waals surface area contributed by atoms with Crippen molar-refractivity contribution in [3.63, 3.8) is 0 Å². The molecule has 0 atom stereocenters. The van der Waals surface area contributed by atoms with Gasteiger partial charge in [-0.3, -0.25) is 0 Å². The molecular weight excluding hydrogens is 207 g/mol. The Bertz CT molecular complexity index is 190. The first-order chi connectivity index (χ1) is 6.75. The molecule has 15 heavy (non-hydrogen) atoms. The van der Waals surface area contributed by atoms with Crippen LogP contribution in [0.1, 0.15) is 13.8 Å². The molecule has 0 aromatic heterocycles.